The van der Waals surface area contributed by atoms with Gasteiger partial charge in [0.1, 0.15) is 5.75 Å². The average molecular weight is 451 g/mol. The molecule has 4 bridgehead atoms. The molecule has 1 saturated heterocycles. The number of ether oxygens (including phenoxy) is 1. The van der Waals surface area contributed by atoms with E-state index in [2.05, 4.69) is 0 Å². The van der Waals surface area contributed by atoms with Crippen molar-refractivity contribution in [3.8, 4) is 5.75 Å². The van der Waals surface area contributed by atoms with Crippen LogP contribution in [-0.2, 0) is 24.9 Å². The van der Waals surface area contributed by atoms with E-state index >= 15 is 0 Å². The van der Waals surface area contributed by atoms with Crippen molar-refractivity contribution in [3.05, 3.63) is 28.8 Å². The molecule has 1 heterocycles. The number of alkyl halides is 1. The van der Waals surface area contributed by atoms with Gasteiger partial charge in [-0.05, 0) is 68.1 Å². The second kappa shape index (κ2) is 6.08. The highest BCUT2D eigenvalue weighted by atomic mass is 35.5. The summed E-state index contributed by atoms with van der Waals surface area (Å²) in [5.41, 5.74) is -0.300. The Morgan fingerprint density at radius 3 is 2.36 bits per heavy atom. The number of phosphoric ester groups is 1. The van der Waals surface area contributed by atoms with Gasteiger partial charge >= 0.3 is 7.82 Å². The van der Waals surface area contributed by atoms with Gasteiger partial charge in [-0.1, -0.05) is 11.6 Å². The Morgan fingerprint density at radius 2 is 1.86 bits per heavy atom. The van der Waals surface area contributed by atoms with Gasteiger partial charge in [0.05, 0.1) is 0 Å². The van der Waals surface area contributed by atoms with Crippen LogP contribution in [0.5, 0.6) is 5.75 Å². The van der Waals surface area contributed by atoms with Crippen molar-refractivity contribution in [2.45, 2.75) is 48.4 Å². The largest absolute Gasteiger partial charge is 0.524 e. The topological polar surface area (TPSA) is 94.5 Å². The van der Waals surface area contributed by atoms with Crippen LogP contribution in [0.15, 0.2) is 18.2 Å². The van der Waals surface area contributed by atoms with Crippen LogP contribution >= 0.6 is 31.0 Å². The first-order chi connectivity index (χ1) is 13.1. The molecule has 4 saturated carbocycles. The number of hydrogen-bond acceptors (Lipinski definition) is 5. The summed E-state index contributed by atoms with van der Waals surface area (Å²) in [5, 5.41) is 0.344. The molecule has 6 rings (SSSR count). The van der Waals surface area contributed by atoms with Gasteiger partial charge < -0.3 is 9.26 Å². The Bertz CT molecular complexity index is 853. The molecule has 5 fully saturated rings. The van der Waals surface area contributed by atoms with Crippen LogP contribution in [0.4, 0.5) is 0 Å². The molecular weight excluding hydrogens is 430 g/mol. The van der Waals surface area contributed by atoms with Crippen molar-refractivity contribution in [1.29, 1.82) is 0 Å². The number of methoxy groups -OCH3 is 1. The summed E-state index contributed by atoms with van der Waals surface area (Å²) in [4.78, 5) is 29.6. The molecule has 154 valence electrons. The molecule has 1 aromatic rings. The van der Waals surface area contributed by atoms with Gasteiger partial charge in [0.15, 0.2) is 5.60 Å². The van der Waals surface area contributed by atoms with E-state index in [0.29, 0.717) is 16.5 Å². The Hall–Kier alpha value is -0.370. The minimum Gasteiger partial charge on any atom is -0.404 e. The third-order valence-electron chi connectivity index (χ3n) is 6.94. The van der Waals surface area contributed by atoms with Crippen molar-refractivity contribution >= 4 is 31.0 Å². The van der Waals surface area contributed by atoms with E-state index in [4.69, 9.17) is 52.0 Å². The third-order valence-corrected chi connectivity index (χ3v) is 8.18. The molecule has 3 unspecified atom stereocenters. The van der Waals surface area contributed by atoms with Crippen LogP contribution in [0.2, 0.25) is 5.02 Å². The zero-order valence-electron chi connectivity index (χ0n) is 15.1. The fraction of sp³-hybridized carbons (Fsp3) is 0.667. The minimum atomic E-state index is -4.72. The fourth-order valence-corrected chi connectivity index (χ4v) is 7.49. The quantitative estimate of drug-likeness (QED) is 0.404. The summed E-state index contributed by atoms with van der Waals surface area (Å²) < 4.78 is 21.9. The number of phosphoric acid groups is 1. The summed E-state index contributed by atoms with van der Waals surface area (Å²) in [6.45, 7) is 0. The molecule has 1 aromatic carbocycles. The van der Waals surface area contributed by atoms with Crippen LogP contribution in [0, 0.1) is 17.8 Å². The molecule has 10 heteroatoms. The van der Waals surface area contributed by atoms with Crippen LogP contribution in [0.1, 0.15) is 37.7 Å². The first-order valence-corrected chi connectivity index (χ1v) is 11.6. The maximum atomic E-state index is 11.3. The monoisotopic (exact) mass is 450 g/mol. The van der Waals surface area contributed by atoms with Crippen LogP contribution in [-0.4, -0.2) is 27.4 Å². The molecule has 4 aliphatic carbocycles. The maximum Gasteiger partial charge on any atom is 0.524 e. The standard InChI is InChI=1S/C18H21Cl2O7P/c1-24-18(14-6-13(2-3-15(14)19)25-28(21,22)23)17(26-27-18)11-4-10-5-12(17)9-16(20,7-10)8-11/h2-3,6,10-12H,4-5,7-9H2,1H3,(H2,21,22,23)/t10?,11-,12+,16?,17?,18-/m1/s1. The highest BCUT2D eigenvalue weighted by Gasteiger charge is 2.78. The molecule has 0 amide bonds. The predicted molar refractivity (Wildman–Crippen MR) is 99.9 cm³/mol. The van der Waals surface area contributed by atoms with Crippen molar-refractivity contribution in [1.82, 2.24) is 0 Å². The zero-order valence-corrected chi connectivity index (χ0v) is 17.5. The molecule has 0 radical (unpaired) electrons. The van der Waals surface area contributed by atoms with Gasteiger partial charge in [0.2, 0.25) is 0 Å². The number of rotatable bonds is 4. The van der Waals surface area contributed by atoms with Gasteiger partial charge in [0, 0.05) is 22.6 Å². The summed E-state index contributed by atoms with van der Waals surface area (Å²) in [6, 6.07) is 4.36. The Labute approximate surface area is 172 Å². The van der Waals surface area contributed by atoms with E-state index in [1.807, 2.05) is 0 Å². The number of halogens is 2. The minimum absolute atomic E-state index is 0.0209. The smallest absolute Gasteiger partial charge is 0.404 e. The molecule has 6 atom stereocenters. The molecule has 0 aromatic heterocycles. The number of benzene rings is 1. The van der Waals surface area contributed by atoms with Gasteiger partial charge in [-0.15, -0.1) is 11.6 Å². The molecule has 2 N–H and O–H groups in total. The van der Waals surface area contributed by atoms with Crippen LogP contribution < -0.4 is 4.52 Å². The zero-order chi connectivity index (χ0) is 19.9. The molecule has 1 aliphatic heterocycles. The second-order valence-electron chi connectivity index (χ2n) is 8.50. The van der Waals surface area contributed by atoms with Gasteiger partial charge in [0.25, 0.3) is 5.79 Å². The Kier molecular flexibility index (Phi) is 4.25. The SMILES string of the molecule is CO[C@]1(c2cc(OP(=O)(O)O)ccc2Cl)OOC12[C@@H]1CC3C[C@H]2CC(Cl)(C3)C1. The van der Waals surface area contributed by atoms with Crippen molar-refractivity contribution in [2.24, 2.45) is 17.8 Å². The van der Waals surface area contributed by atoms with Crippen molar-refractivity contribution < 1.29 is 33.4 Å². The van der Waals surface area contributed by atoms with E-state index < -0.39 is 19.2 Å². The lowest BCUT2D eigenvalue weighted by atomic mass is 9.46. The van der Waals surface area contributed by atoms with Gasteiger partial charge in [-0.2, -0.15) is 4.89 Å². The Balaban J connectivity index is 1.59. The normalized spacial score (nSPS) is 44.0. The van der Waals surface area contributed by atoms with E-state index in [9.17, 15) is 4.57 Å². The fourth-order valence-electron chi connectivity index (χ4n) is 6.27. The Morgan fingerprint density at radius 1 is 1.18 bits per heavy atom. The first-order valence-electron chi connectivity index (χ1n) is 9.27. The van der Waals surface area contributed by atoms with Crippen LogP contribution in [0.25, 0.3) is 0 Å². The second-order valence-corrected chi connectivity index (χ2v) is 10.9. The maximum absolute atomic E-state index is 11.3. The lowest BCUT2D eigenvalue weighted by Crippen LogP contribution is -2.78. The molecule has 5 aliphatic rings. The van der Waals surface area contributed by atoms with Gasteiger partial charge in [-0.3, -0.25) is 9.79 Å². The highest BCUT2D eigenvalue weighted by Crippen LogP contribution is 2.71. The van der Waals surface area contributed by atoms with E-state index in [0.717, 1.165) is 32.1 Å². The lowest BCUT2D eigenvalue weighted by Gasteiger charge is -2.70. The first kappa shape index (κ1) is 19.6. The lowest BCUT2D eigenvalue weighted by molar-refractivity contribution is -0.645. The van der Waals surface area contributed by atoms with E-state index in [1.54, 1.807) is 0 Å². The van der Waals surface area contributed by atoms with Crippen molar-refractivity contribution in [2.75, 3.05) is 7.11 Å². The molecule has 7 nitrogen and oxygen atoms in total. The summed E-state index contributed by atoms with van der Waals surface area (Å²) in [6.07, 6.45) is 4.62. The van der Waals surface area contributed by atoms with E-state index in [-0.39, 0.29) is 22.5 Å². The summed E-state index contributed by atoms with van der Waals surface area (Å²) in [7, 11) is -3.19. The predicted octanol–water partition coefficient (Wildman–Crippen LogP) is 4.13. The molecule has 1 spiro atoms. The van der Waals surface area contributed by atoms with Crippen LogP contribution in [0.3, 0.4) is 0 Å². The molecular formula is C18H21Cl2O7P. The summed E-state index contributed by atoms with van der Waals surface area (Å²) in [5.74, 6) is -0.444. The van der Waals surface area contributed by atoms with E-state index in [1.165, 1.54) is 25.3 Å². The van der Waals surface area contributed by atoms with Crippen molar-refractivity contribution in [3.63, 3.8) is 0 Å². The molecule has 28 heavy (non-hydrogen) atoms. The third kappa shape index (κ3) is 2.58. The highest BCUT2D eigenvalue weighted by molar-refractivity contribution is 7.46. The van der Waals surface area contributed by atoms with Gasteiger partial charge in [-0.25, -0.2) is 9.45 Å². The summed E-state index contributed by atoms with van der Waals surface area (Å²) >= 11 is 13.4. The average Bonchev–Trinajstić information content (AvgIpc) is 2.54. The number of hydrogen-bond donors (Lipinski definition) is 2.